The Kier molecular flexibility index (Phi) is 9.00. The lowest BCUT2D eigenvalue weighted by atomic mass is 10.0. The Morgan fingerprint density at radius 1 is 0.838 bits per heavy atom. The highest BCUT2D eigenvalue weighted by Gasteiger charge is 2.30. The molecule has 0 fully saturated rings. The second-order valence-electron chi connectivity index (χ2n) is 8.74. The molecule has 0 radical (unpaired) electrons. The number of hydrogen-bond acceptors (Lipinski definition) is 3. The number of benzene rings is 3. The summed E-state index contributed by atoms with van der Waals surface area (Å²) in [6.07, 6.45) is 3.78. The van der Waals surface area contributed by atoms with Crippen molar-refractivity contribution in [3.05, 3.63) is 136 Å². The number of carbonyl (C=O) groups is 2. The van der Waals surface area contributed by atoms with E-state index in [9.17, 15) is 14.0 Å². The first-order chi connectivity index (χ1) is 18.0. The fraction of sp³-hybridized carbons (Fsp3) is 0.167. The Bertz CT molecular complexity index is 1300. The van der Waals surface area contributed by atoms with E-state index in [1.165, 1.54) is 12.1 Å². The van der Waals surface area contributed by atoms with Crippen molar-refractivity contribution in [1.82, 2.24) is 15.2 Å². The van der Waals surface area contributed by atoms with Crippen LogP contribution in [0.1, 0.15) is 22.3 Å². The summed E-state index contributed by atoms with van der Waals surface area (Å²) in [5, 5.41) is 3.55. The van der Waals surface area contributed by atoms with Crippen LogP contribution in [0.4, 0.5) is 4.39 Å². The number of aromatic nitrogens is 1. The van der Waals surface area contributed by atoms with Gasteiger partial charge >= 0.3 is 0 Å². The van der Waals surface area contributed by atoms with Crippen LogP contribution in [0.25, 0.3) is 0 Å². The monoisotopic (exact) mass is 515 g/mol. The number of carbonyl (C=O) groups excluding carboxylic acids is 2. The van der Waals surface area contributed by atoms with Crippen LogP contribution in [0.3, 0.4) is 0 Å². The fourth-order valence-corrected chi connectivity index (χ4v) is 4.15. The quantitative estimate of drug-likeness (QED) is 0.309. The standard InChI is InChI=1S/C30H27ClFN3O2/c31-26-12-8-23(9-13-26)18-29(36)35(21-24-10-14-27(32)15-11-24)28(17-22-5-2-1-3-6-22)30(37)34-20-25-7-4-16-33-19-25/h1-16,19,28H,17-18,20-21H2,(H,34,37). The summed E-state index contributed by atoms with van der Waals surface area (Å²) in [6, 6.07) is 25.5. The van der Waals surface area contributed by atoms with Crippen molar-refractivity contribution < 1.29 is 14.0 Å². The van der Waals surface area contributed by atoms with Gasteiger partial charge in [-0.15, -0.1) is 0 Å². The van der Waals surface area contributed by atoms with Crippen LogP contribution >= 0.6 is 11.6 Å². The van der Waals surface area contributed by atoms with Crippen LogP contribution in [-0.2, 0) is 35.5 Å². The molecule has 0 spiro atoms. The predicted molar refractivity (Wildman–Crippen MR) is 142 cm³/mol. The van der Waals surface area contributed by atoms with Gasteiger partial charge in [0.15, 0.2) is 0 Å². The summed E-state index contributed by atoms with van der Waals surface area (Å²) < 4.78 is 13.6. The van der Waals surface area contributed by atoms with Crippen molar-refractivity contribution >= 4 is 23.4 Å². The van der Waals surface area contributed by atoms with E-state index in [4.69, 9.17) is 11.6 Å². The van der Waals surface area contributed by atoms with Crippen LogP contribution < -0.4 is 5.32 Å². The molecule has 0 saturated carbocycles. The van der Waals surface area contributed by atoms with Gasteiger partial charge in [-0.2, -0.15) is 0 Å². The Labute approximate surface area is 220 Å². The maximum Gasteiger partial charge on any atom is 0.243 e. The first-order valence-corrected chi connectivity index (χ1v) is 12.3. The molecule has 7 heteroatoms. The topological polar surface area (TPSA) is 62.3 Å². The number of nitrogens with zero attached hydrogens (tertiary/aromatic N) is 2. The fourth-order valence-electron chi connectivity index (χ4n) is 4.03. The van der Waals surface area contributed by atoms with E-state index in [1.54, 1.807) is 59.8 Å². The van der Waals surface area contributed by atoms with Gasteiger partial charge in [-0.1, -0.05) is 72.3 Å². The van der Waals surface area contributed by atoms with Crippen LogP contribution in [-0.4, -0.2) is 27.7 Å². The van der Waals surface area contributed by atoms with Crippen molar-refractivity contribution in [3.8, 4) is 0 Å². The normalized spacial score (nSPS) is 11.5. The minimum absolute atomic E-state index is 0.0968. The largest absolute Gasteiger partial charge is 0.350 e. The van der Waals surface area contributed by atoms with Gasteiger partial charge in [0.1, 0.15) is 11.9 Å². The van der Waals surface area contributed by atoms with E-state index < -0.39 is 6.04 Å². The second-order valence-corrected chi connectivity index (χ2v) is 9.17. The van der Waals surface area contributed by atoms with Crippen molar-refractivity contribution in [2.75, 3.05) is 0 Å². The van der Waals surface area contributed by atoms with Crippen molar-refractivity contribution in [2.45, 2.75) is 32.0 Å². The summed E-state index contributed by atoms with van der Waals surface area (Å²) in [5.41, 5.74) is 3.29. The molecule has 0 bridgehead atoms. The maximum atomic E-state index is 13.7. The molecule has 3 aromatic carbocycles. The molecular formula is C30H27ClFN3O2. The third-order valence-corrected chi connectivity index (χ3v) is 6.25. The number of halogens is 2. The molecule has 1 unspecified atom stereocenters. The summed E-state index contributed by atoms with van der Waals surface area (Å²) >= 11 is 6.02. The zero-order chi connectivity index (χ0) is 26.0. The molecule has 0 saturated heterocycles. The summed E-state index contributed by atoms with van der Waals surface area (Å²) in [7, 11) is 0. The maximum absolute atomic E-state index is 13.7. The highest BCUT2D eigenvalue weighted by Crippen LogP contribution is 2.18. The highest BCUT2D eigenvalue weighted by molar-refractivity contribution is 6.30. The average molecular weight is 516 g/mol. The third kappa shape index (κ3) is 7.72. The SMILES string of the molecule is O=C(NCc1cccnc1)C(Cc1ccccc1)N(Cc1ccc(F)cc1)C(=O)Cc1ccc(Cl)cc1. The van der Waals surface area contributed by atoms with Crippen LogP contribution in [0.2, 0.25) is 5.02 Å². The molecule has 1 aromatic heterocycles. The molecule has 2 amide bonds. The molecule has 4 aromatic rings. The summed E-state index contributed by atoms with van der Waals surface area (Å²) in [4.78, 5) is 33.0. The molecule has 0 aliphatic rings. The Morgan fingerprint density at radius 3 is 2.19 bits per heavy atom. The second kappa shape index (κ2) is 12.8. The molecule has 1 heterocycles. The van der Waals surface area contributed by atoms with Gasteiger partial charge < -0.3 is 10.2 Å². The van der Waals surface area contributed by atoms with Crippen molar-refractivity contribution in [2.24, 2.45) is 0 Å². The molecular weight excluding hydrogens is 489 g/mol. The van der Waals surface area contributed by atoms with Gasteiger partial charge in [-0.05, 0) is 52.6 Å². The number of rotatable bonds is 10. The Morgan fingerprint density at radius 2 is 1.51 bits per heavy atom. The van der Waals surface area contributed by atoms with Crippen molar-refractivity contribution in [1.29, 1.82) is 0 Å². The van der Waals surface area contributed by atoms with Gasteiger partial charge in [-0.3, -0.25) is 14.6 Å². The highest BCUT2D eigenvalue weighted by atomic mass is 35.5. The minimum atomic E-state index is -0.788. The lowest BCUT2D eigenvalue weighted by molar-refractivity contribution is -0.140. The van der Waals surface area contributed by atoms with E-state index in [1.807, 2.05) is 36.4 Å². The third-order valence-electron chi connectivity index (χ3n) is 6.00. The van der Waals surface area contributed by atoms with E-state index in [-0.39, 0.29) is 37.1 Å². The first-order valence-electron chi connectivity index (χ1n) is 12.0. The molecule has 4 rings (SSSR count). The first kappa shape index (κ1) is 26.0. The van der Waals surface area contributed by atoms with Crippen LogP contribution in [0, 0.1) is 5.82 Å². The molecule has 5 nitrogen and oxygen atoms in total. The van der Waals surface area contributed by atoms with Gasteiger partial charge in [0.05, 0.1) is 6.42 Å². The lowest BCUT2D eigenvalue weighted by Crippen LogP contribution is -2.50. The van der Waals surface area contributed by atoms with Gasteiger partial charge in [0.2, 0.25) is 11.8 Å². The summed E-state index contributed by atoms with van der Waals surface area (Å²) in [6.45, 7) is 0.443. The number of amides is 2. The van der Waals surface area contributed by atoms with Crippen molar-refractivity contribution in [3.63, 3.8) is 0 Å². The van der Waals surface area contributed by atoms with E-state index in [2.05, 4.69) is 10.3 Å². The predicted octanol–water partition coefficient (Wildman–Crippen LogP) is 5.37. The lowest BCUT2D eigenvalue weighted by Gasteiger charge is -2.31. The molecule has 1 atom stereocenters. The molecule has 188 valence electrons. The molecule has 0 aliphatic carbocycles. The van der Waals surface area contributed by atoms with E-state index >= 15 is 0 Å². The zero-order valence-electron chi connectivity index (χ0n) is 20.2. The zero-order valence-corrected chi connectivity index (χ0v) is 20.9. The Hall–Kier alpha value is -4.03. The average Bonchev–Trinajstić information content (AvgIpc) is 2.92. The smallest absolute Gasteiger partial charge is 0.243 e. The van der Waals surface area contributed by atoms with Gasteiger partial charge in [-0.25, -0.2) is 4.39 Å². The van der Waals surface area contributed by atoms with Gasteiger partial charge in [0.25, 0.3) is 0 Å². The number of pyridine rings is 1. The minimum Gasteiger partial charge on any atom is -0.350 e. The molecule has 0 aliphatic heterocycles. The number of nitrogens with one attached hydrogen (secondary N) is 1. The van der Waals surface area contributed by atoms with E-state index in [0.717, 1.165) is 22.3 Å². The Balaban J connectivity index is 1.64. The van der Waals surface area contributed by atoms with Crippen LogP contribution in [0.5, 0.6) is 0 Å². The van der Waals surface area contributed by atoms with Gasteiger partial charge in [0, 0.05) is 36.9 Å². The molecule has 37 heavy (non-hydrogen) atoms. The molecule has 1 N–H and O–H groups in total. The number of hydrogen-bond donors (Lipinski definition) is 1. The van der Waals surface area contributed by atoms with E-state index in [0.29, 0.717) is 11.4 Å². The summed E-state index contributed by atoms with van der Waals surface area (Å²) in [5.74, 6) is -0.860. The van der Waals surface area contributed by atoms with Crippen LogP contribution in [0.15, 0.2) is 103 Å².